The number of fused-ring (bicyclic) bond motifs is 2. The van der Waals surface area contributed by atoms with Gasteiger partial charge in [0, 0.05) is 25.8 Å². The fourth-order valence-corrected chi connectivity index (χ4v) is 3.11. The summed E-state index contributed by atoms with van der Waals surface area (Å²) in [6.45, 7) is 1.99. The van der Waals surface area contributed by atoms with E-state index in [2.05, 4.69) is 5.32 Å². The SMILES string of the molecule is Cn1c2c(c(=O)n(C)c1=O)CN(c1ccc3c(c1)OCCO3)CN2. The van der Waals surface area contributed by atoms with Gasteiger partial charge >= 0.3 is 5.69 Å². The van der Waals surface area contributed by atoms with Crippen LogP contribution in [0.5, 0.6) is 11.5 Å². The molecule has 126 valence electrons. The van der Waals surface area contributed by atoms with Gasteiger partial charge in [0.05, 0.1) is 18.8 Å². The highest BCUT2D eigenvalue weighted by Gasteiger charge is 2.24. The minimum atomic E-state index is -0.334. The van der Waals surface area contributed by atoms with Crippen LogP contribution in [0, 0.1) is 0 Å². The van der Waals surface area contributed by atoms with Gasteiger partial charge in [0.2, 0.25) is 0 Å². The molecule has 1 N–H and O–H groups in total. The molecule has 0 amide bonds. The Morgan fingerprint density at radius 1 is 1.04 bits per heavy atom. The van der Waals surface area contributed by atoms with Crippen LogP contribution in [0.4, 0.5) is 11.5 Å². The standard InChI is InChI=1S/C16H18N4O4/c1-18-14-11(15(21)19(2)16(18)22)8-20(9-17-14)10-3-4-12-13(7-10)24-6-5-23-12/h3-4,7,17H,5-6,8-9H2,1-2H3. The number of aromatic nitrogens is 2. The number of rotatable bonds is 1. The lowest BCUT2D eigenvalue weighted by Crippen LogP contribution is -2.46. The van der Waals surface area contributed by atoms with E-state index in [1.54, 1.807) is 7.05 Å². The van der Waals surface area contributed by atoms with Gasteiger partial charge in [0.1, 0.15) is 19.0 Å². The van der Waals surface area contributed by atoms with Crippen molar-refractivity contribution < 1.29 is 9.47 Å². The van der Waals surface area contributed by atoms with Crippen molar-refractivity contribution in [2.45, 2.75) is 6.54 Å². The molecule has 0 unspecified atom stereocenters. The molecule has 0 bridgehead atoms. The second-order valence-electron chi connectivity index (χ2n) is 5.89. The predicted octanol–water partition coefficient (Wildman–Crippen LogP) is 0.245. The van der Waals surface area contributed by atoms with Crippen LogP contribution in [0.15, 0.2) is 27.8 Å². The third kappa shape index (κ3) is 2.14. The Balaban J connectivity index is 1.72. The Kier molecular flexibility index (Phi) is 3.26. The van der Waals surface area contributed by atoms with E-state index in [1.165, 1.54) is 11.6 Å². The van der Waals surface area contributed by atoms with Crippen molar-refractivity contribution in [3.63, 3.8) is 0 Å². The molecule has 0 spiro atoms. The molecule has 2 aromatic rings. The Morgan fingerprint density at radius 3 is 2.58 bits per heavy atom. The average molecular weight is 330 g/mol. The minimum absolute atomic E-state index is 0.275. The van der Waals surface area contributed by atoms with Crippen molar-refractivity contribution in [2.75, 3.05) is 30.1 Å². The van der Waals surface area contributed by atoms with E-state index in [1.807, 2.05) is 23.1 Å². The fraction of sp³-hybridized carbons (Fsp3) is 0.375. The van der Waals surface area contributed by atoms with Crippen LogP contribution in [0.3, 0.4) is 0 Å². The van der Waals surface area contributed by atoms with Gasteiger partial charge in [-0.05, 0) is 12.1 Å². The van der Waals surface area contributed by atoms with Gasteiger partial charge < -0.3 is 19.7 Å². The van der Waals surface area contributed by atoms with Crippen molar-refractivity contribution in [1.29, 1.82) is 0 Å². The zero-order chi connectivity index (χ0) is 16.8. The van der Waals surface area contributed by atoms with E-state index < -0.39 is 0 Å². The topological polar surface area (TPSA) is 77.7 Å². The number of hydrogen-bond acceptors (Lipinski definition) is 6. The van der Waals surface area contributed by atoms with E-state index in [9.17, 15) is 9.59 Å². The van der Waals surface area contributed by atoms with Gasteiger partial charge in [0.25, 0.3) is 5.56 Å². The molecule has 0 saturated heterocycles. The molecule has 4 rings (SSSR count). The van der Waals surface area contributed by atoms with Crippen molar-refractivity contribution >= 4 is 11.5 Å². The van der Waals surface area contributed by atoms with Crippen molar-refractivity contribution in [3.05, 3.63) is 44.6 Å². The van der Waals surface area contributed by atoms with Gasteiger partial charge in [-0.25, -0.2) is 4.79 Å². The Labute approximate surface area is 137 Å². The lowest BCUT2D eigenvalue weighted by Gasteiger charge is -2.32. The number of nitrogens with zero attached hydrogens (tertiary/aromatic N) is 3. The first kappa shape index (κ1) is 14.7. The molecule has 0 radical (unpaired) electrons. The van der Waals surface area contributed by atoms with E-state index in [0.717, 1.165) is 16.0 Å². The van der Waals surface area contributed by atoms with E-state index in [0.29, 0.717) is 43.6 Å². The molecule has 3 heterocycles. The van der Waals surface area contributed by atoms with E-state index in [-0.39, 0.29) is 11.2 Å². The monoisotopic (exact) mass is 330 g/mol. The molecule has 8 heteroatoms. The average Bonchev–Trinajstić information content (AvgIpc) is 2.63. The highest BCUT2D eigenvalue weighted by Crippen LogP contribution is 2.35. The van der Waals surface area contributed by atoms with E-state index in [4.69, 9.17) is 9.47 Å². The Morgan fingerprint density at radius 2 is 1.79 bits per heavy atom. The molecule has 0 atom stereocenters. The molecule has 2 aliphatic heterocycles. The number of nitrogens with one attached hydrogen (secondary N) is 1. The van der Waals surface area contributed by atoms with Gasteiger partial charge in [-0.3, -0.25) is 13.9 Å². The maximum atomic E-state index is 12.4. The van der Waals surface area contributed by atoms with Crippen LogP contribution >= 0.6 is 0 Å². The van der Waals surface area contributed by atoms with Gasteiger partial charge in [-0.1, -0.05) is 0 Å². The maximum absolute atomic E-state index is 12.4. The molecule has 0 aliphatic carbocycles. The molecule has 1 aromatic heterocycles. The first-order chi connectivity index (χ1) is 11.6. The van der Waals surface area contributed by atoms with Crippen molar-refractivity contribution in [2.24, 2.45) is 14.1 Å². The molecule has 0 saturated carbocycles. The predicted molar refractivity (Wildman–Crippen MR) is 89.0 cm³/mol. The summed E-state index contributed by atoms with van der Waals surface area (Å²) in [5.74, 6) is 2.02. The van der Waals surface area contributed by atoms with E-state index >= 15 is 0 Å². The normalized spacial score (nSPS) is 15.7. The van der Waals surface area contributed by atoms with Gasteiger partial charge in [-0.15, -0.1) is 0 Å². The summed E-state index contributed by atoms with van der Waals surface area (Å²) < 4.78 is 13.8. The summed E-state index contributed by atoms with van der Waals surface area (Å²) in [4.78, 5) is 26.5. The second-order valence-corrected chi connectivity index (χ2v) is 5.89. The van der Waals surface area contributed by atoms with Crippen LogP contribution in [0.1, 0.15) is 5.56 Å². The van der Waals surface area contributed by atoms with Crippen molar-refractivity contribution in [3.8, 4) is 11.5 Å². The largest absolute Gasteiger partial charge is 0.486 e. The summed E-state index contributed by atoms with van der Waals surface area (Å²) in [6, 6.07) is 5.72. The molecule has 8 nitrogen and oxygen atoms in total. The van der Waals surface area contributed by atoms with Gasteiger partial charge in [0.15, 0.2) is 11.5 Å². The van der Waals surface area contributed by atoms with Crippen LogP contribution < -0.4 is 30.9 Å². The van der Waals surface area contributed by atoms with Crippen LogP contribution in [0.2, 0.25) is 0 Å². The smallest absolute Gasteiger partial charge is 0.332 e. The molecular weight excluding hydrogens is 312 g/mol. The summed E-state index contributed by atoms with van der Waals surface area (Å²) in [7, 11) is 3.15. The lowest BCUT2D eigenvalue weighted by atomic mass is 10.2. The molecule has 0 fully saturated rings. The maximum Gasteiger partial charge on any atom is 0.332 e. The Bertz CT molecular complexity index is 931. The Hall–Kier alpha value is -2.90. The summed E-state index contributed by atoms with van der Waals surface area (Å²) in [6.07, 6.45) is 0. The third-order valence-corrected chi connectivity index (χ3v) is 4.44. The van der Waals surface area contributed by atoms with Gasteiger partial charge in [-0.2, -0.15) is 0 Å². The molecular formula is C16H18N4O4. The summed E-state index contributed by atoms with van der Waals surface area (Å²) in [5, 5.41) is 3.17. The zero-order valence-electron chi connectivity index (χ0n) is 13.5. The van der Waals surface area contributed by atoms with Crippen LogP contribution in [-0.4, -0.2) is 29.0 Å². The van der Waals surface area contributed by atoms with Crippen molar-refractivity contribution in [1.82, 2.24) is 9.13 Å². The van der Waals surface area contributed by atoms with Crippen LogP contribution in [0.25, 0.3) is 0 Å². The quantitative estimate of drug-likeness (QED) is 0.807. The lowest BCUT2D eigenvalue weighted by molar-refractivity contribution is 0.171. The fourth-order valence-electron chi connectivity index (χ4n) is 3.11. The number of hydrogen-bond donors (Lipinski definition) is 1. The molecule has 1 aromatic carbocycles. The molecule has 24 heavy (non-hydrogen) atoms. The number of ether oxygens (including phenoxy) is 2. The first-order valence-electron chi connectivity index (χ1n) is 7.73. The van der Waals surface area contributed by atoms with Crippen LogP contribution in [-0.2, 0) is 20.6 Å². The summed E-state index contributed by atoms with van der Waals surface area (Å²) >= 11 is 0. The second kappa shape index (κ2) is 5.33. The first-order valence-corrected chi connectivity index (χ1v) is 7.73. The third-order valence-electron chi connectivity index (χ3n) is 4.44. The molecule has 2 aliphatic rings. The highest BCUT2D eigenvalue weighted by atomic mass is 16.6. The number of benzene rings is 1. The highest BCUT2D eigenvalue weighted by molar-refractivity contribution is 5.60. The minimum Gasteiger partial charge on any atom is -0.486 e. The number of anilines is 2. The zero-order valence-corrected chi connectivity index (χ0v) is 13.5. The summed E-state index contributed by atoms with van der Waals surface area (Å²) in [5.41, 5.74) is 0.885.